The van der Waals surface area contributed by atoms with Gasteiger partial charge in [-0.2, -0.15) is 0 Å². The number of hydrogen-bond acceptors (Lipinski definition) is 3. The summed E-state index contributed by atoms with van der Waals surface area (Å²) < 4.78 is 12.7. The van der Waals surface area contributed by atoms with Gasteiger partial charge in [-0.15, -0.1) is 0 Å². The Bertz CT molecular complexity index is 618. The molecule has 0 unspecified atom stereocenters. The Hall–Kier alpha value is -2.49. The van der Waals surface area contributed by atoms with Crippen LogP contribution in [-0.4, -0.2) is 16.7 Å². The van der Waals surface area contributed by atoms with Crippen molar-refractivity contribution in [3.8, 4) is 5.75 Å². The van der Waals surface area contributed by atoms with Crippen LogP contribution in [0.4, 0.5) is 4.39 Å². The molecule has 0 aliphatic rings. The van der Waals surface area contributed by atoms with Crippen LogP contribution in [0.15, 0.2) is 48.5 Å². The molecule has 0 spiro atoms. The first-order chi connectivity index (χ1) is 9.08. The van der Waals surface area contributed by atoms with Gasteiger partial charge in [0.05, 0.1) is 12.0 Å². The second-order valence-electron chi connectivity index (χ2n) is 4.05. The van der Waals surface area contributed by atoms with Crippen LogP contribution in [0.2, 0.25) is 0 Å². The van der Waals surface area contributed by atoms with Gasteiger partial charge in [0.1, 0.15) is 11.6 Å². The van der Waals surface area contributed by atoms with Crippen LogP contribution in [0, 0.1) is 5.82 Å². The summed E-state index contributed by atoms with van der Waals surface area (Å²) >= 11 is 0. The van der Waals surface area contributed by atoms with Crippen molar-refractivity contribution in [1.82, 2.24) is 0 Å². The number of aromatic hydroxyl groups is 1. The van der Waals surface area contributed by atoms with Crippen molar-refractivity contribution in [3.63, 3.8) is 0 Å². The highest BCUT2D eigenvalue weighted by Crippen LogP contribution is 2.18. The molecule has 0 aliphatic heterocycles. The molecule has 2 aromatic carbocycles. The number of benzene rings is 2. The molecule has 0 bridgehead atoms. The van der Waals surface area contributed by atoms with Gasteiger partial charge in [-0.25, -0.2) is 4.39 Å². The lowest BCUT2D eigenvalue weighted by Gasteiger charge is -2.03. The zero-order valence-electron chi connectivity index (χ0n) is 9.97. The zero-order valence-corrected chi connectivity index (χ0v) is 9.97. The molecule has 2 rings (SSSR count). The third-order valence-electron chi connectivity index (χ3n) is 2.69. The highest BCUT2D eigenvalue weighted by Gasteiger charge is 2.16. The van der Waals surface area contributed by atoms with Gasteiger partial charge in [-0.05, 0) is 36.4 Å². The summed E-state index contributed by atoms with van der Waals surface area (Å²) in [5, 5.41) is 9.52. The first kappa shape index (κ1) is 13.0. The molecule has 0 heterocycles. The standard InChI is InChI=1S/C15H11FO3/c16-11-7-5-10(6-8-11)14(18)9-15(19)12-3-1-2-4-13(12)17/h1-8,17H,9H2. The average molecular weight is 258 g/mol. The Labute approximate surface area is 109 Å². The highest BCUT2D eigenvalue weighted by atomic mass is 19.1. The molecule has 1 N–H and O–H groups in total. The third kappa shape index (κ3) is 3.04. The lowest BCUT2D eigenvalue weighted by atomic mass is 10.0. The van der Waals surface area contributed by atoms with Crippen molar-refractivity contribution in [2.75, 3.05) is 0 Å². The molecule has 0 amide bonds. The molecule has 0 saturated carbocycles. The zero-order chi connectivity index (χ0) is 13.8. The Morgan fingerprint density at radius 2 is 1.58 bits per heavy atom. The number of rotatable bonds is 4. The topological polar surface area (TPSA) is 54.4 Å². The van der Waals surface area contributed by atoms with Crippen molar-refractivity contribution in [3.05, 3.63) is 65.5 Å². The highest BCUT2D eigenvalue weighted by molar-refractivity contribution is 6.14. The van der Waals surface area contributed by atoms with E-state index in [0.717, 1.165) is 12.1 Å². The molecule has 19 heavy (non-hydrogen) atoms. The summed E-state index contributed by atoms with van der Waals surface area (Å²) in [5.41, 5.74) is 0.378. The number of carbonyl (C=O) groups excluding carboxylic acids is 2. The molecule has 0 saturated heterocycles. The molecule has 0 aliphatic carbocycles. The van der Waals surface area contributed by atoms with E-state index in [1.165, 1.54) is 24.3 Å². The van der Waals surface area contributed by atoms with Gasteiger partial charge >= 0.3 is 0 Å². The Morgan fingerprint density at radius 3 is 2.21 bits per heavy atom. The quantitative estimate of drug-likeness (QED) is 0.677. The monoisotopic (exact) mass is 258 g/mol. The van der Waals surface area contributed by atoms with Crippen molar-refractivity contribution in [2.24, 2.45) is 0 Å². The number of para-hydroxylation sites is 1. The van der Waals surface area contributed by atoms with Crippen LogP contribution >= 0.6 is 0 Å². The molecule has 0 atom stereocenters. The van der Waals surface area contributed by atoms with Crippen LogP contribution in [-0.2, 0) is 0 Å². The van der Waals surface area contributed by atoms with Crippen molar-refractivity contribution in [2.45, 2.75) is 6.42 Å². The number of Topliss-reactive ketones (excluding diaryl/α,β-unsaturated/α-hetero) is 2. The maximum atomic E-state index is 12.7. The summed E-state index contributed by atoms with van der Waals surface area (Å²) in [7, 11) is 0. The molecule has 4 heteroatoms. The van der Waals surface area contributed by atoms with E-state index in [9.17, 15) is 19.1 Å². The predicted molar refractivity (Wildman–Crippen MR) is 67.8 cm³/mol. The number of carbonyl (C=O) groups is 2. The fourth-order valence-electron chi connectivity index (χ4n) is 1.69. The maximum Gasteiger partial charge on any atom is 0.174 e. The normalized spacial score (nSPS) is 10.2. The second-order valence-corrected chi connectivity index (χ2v) is 4.05. The van der Waals surface area contributed by atoms with E-state index in [1.54, 1.807) is 12.1 Å². The number of ketones is 2. The Morgan fingerprint density at radius 1 is 0.947 bits per heavy atom. The SMILES string of the molecule is O=C(CC(=O)c1ccccc1O)c1ccc(F)cc1. The van der Waals surface area contributed by atoms with E-state index >= 15 is 0 Å². The lowest BCUT2D eigenvalue weighted by molar-refractivity contribution is 0.0893. The van der Waals surface area contributed by atoms with Gasteiger partial charge in [0, 0.05) is 5.56 Å². The molecule has 0 aromatic heterocycles. The first-order valence-corrected chi connectivity index (χ1v) is 5.68. The minimum absolute atomic E-state index is 0.109. The molecule has 2 aromatic rings. The summed E-state index contributed by atoms with van der Waals surface area (Å²) in [6, 6.07) is 11.0. The van der Waals surface area contributed by atoms with E-state index in [2.05, 4.69) is 0 Å². The molecular weight excluding hydrogens is 247 g/mol. The van der Waals surface area contributed by atoms with Crippen LogP contribution in [0.25, 0.3) is 0 Å². The second kappa shape index (κ2) is 5.44. The smallest absolute Gasteiger partial charge is 0.174 e. The van der Waals surface area contributed by atoms with Crippen molar-refractivity contribution >= 4 is 11.6 Å². The van der Waals surface area contributed by atoms with E-state index in [1.807, 2.05) is 0 Å². The lowest BCUT2D eigenvalue weighted by Crippen LogP contribution is -2.08. The van der Waals surface area contributed by atoms with E-state index in [4.69, 9.17) is 0 Å². The number of hydrogen-bond donors (Lipinski definition) is 1. The summed E-state index contributed by atoms with van der Waals surface area (Å²) in [5.74, 6) is -1.47. The van der Waals surface area contributed by atoms with E-state index < -0.39 is 17.4 Å². The van der Waals surface area contributed by atoms with Crippen LogP contribution in [0.3, 0.4) is 0 Å². The molecule has 3 nitrogen and oxygen atoms in total. The summed E-state index contributed by atoms with van der Waals surface area (Å²) in [6.07, 6.45) is -0.358. The summed E-state index contributed by atoms with van der Waals surface area (Å²) in [6.45, 7) is 0. The van der Waals surface area contributed by atoms with Crippen LogP contribution < -0.4 is 0 Å². The fraction of sp³-hybridized carbons (Fsp3) is 0.0667. The predicted octanol–water partition coefficient (Wildman–Crippen LogP) is 2.99. The molecular formula is C15H11FO3. The van der Waals surface area contributed by atoms with E-state index in [-0.39, 0.29) is 23.3 Å². The molecule has 96 valence electrons. The molecule has 0 fully saturated rings. The number of halogens is 1. The number of phenolic OH excluding ortho intramolecular Hbond substituents is 1. The maximum absolute atomic E-state index is 12.7. The number of phenols is 1. The largest absolute Gasteiger partial charge is 0.507 e. The van der Waals surface area contributed by atoms with Gasteiger partial charge in [0.2, 0.25) is 0 Å². The Kier molecular flexibility index (Phi) is 3.71. The summed E-state index contributed by atoms with van der Waals surface area (Å²) in [4.78, 5) is 23.7. The van der Waals surface area contributed by atoms with Gasteiger partial charge in [-0.1, -0.05) is 12.1 Å². The fourth-order valence-corrected chi connectivity index (χ4v) is 1.69. The van der Waals surface area contributed by atoms with E-state index in [0.29, 0.717) is 0 Å². The third-order valence-corrected chi connectivity index (χ3v) is 2.69. The van der Waals surface area contributed by atoms with Crippen LogP contribution in [0.1, 0.15) is 27.1 Å². The van der Waals surface area contributed by atoms with Gasteiger partial charge < -0.3 is 5.11 Å². The minimum Gasteiger partial charge on any atom is -0.507 e. The minimum atomic E-state index is -0.465. The average Bonchev–Trinajstić information content (AvgIpc) is 2.39. The van der Waals surface area contributed by atoms with Gasteiger partial charge in [0.15, 0.2) is 11.6 Å². The van der Waals surface area contributed by atoms with Crippen molar-refractivity contribution < 1.29 is 19.1 Å². The Balaban J connectivity index is 2.13. The molecule has 0 radical (unpaired) electrons. The van der Waals surface area contributed by atoms with Crippen LogP contribution in [0.5, 0.6) is 5.75 Å². The van der Waals surface area contributed by atoms with Gasteiger partial charge in [0.25, 0.3) is 0 Å². The van der Waals surface area contributed by atoms with Gasteiger partial charge in [-0.3, -0.25) is 9.59 Å². The first-order valence-electron chi connectivity index (χ1n) is 5.68. The van der Waals surface area contributed by atoms with Crippen molar-refractivity contribution in [1.29, 1.82) is 0 Å².